The third-order valence-electron chi connectivity index (χ3n) is 5.02. The van der Waals surface area contributed by atoms with Crippen molar-refractivity contribution < 1.29 is 43.3 Å². The maximum atomic E-state index is 11.8. The van der Waals surface area contributed by atoms with Crippen LogP contribution in [-0.4, -0.2) is 57.0 Å². The zero-order valence-electron chi connectivity index (χ0n) is 21.1. The number of halogens is 1. The van der Waals surface area contributed by atoms with Gasteiger partial charge in [-0.3, -0.25) is 10.1 Å². The molecule has 0 aromatic heterocycles. The maximum Gasteiger partial charge on any atom is 0.345 e. The topological polar surface area (TPSA) is 144 Å². The van der Waals surface area contributed by atoms with Gasteiger partial charge >= 0.3 is 11.9 Å². The summed E-state index contributed by atoms with van der Waals surface area (Å²) in [6, 6.07) is 14.0. The van der Waals surface area contributed by atoms with E-state index < -0.39 is 22.5 Å². The van der Waals surface area contributed by atoms with Crippen molar-refractivity contribution in [3.8, 4) is 23.0 Å². The van der Waals surface area contributed by atoms with Gasteiger partial charge in [0.1, 0.15) is 5.56 Å². The maximum absolute atomic E-state index is 11.8. The molecule has 3 aromatic carbocycles. The molecule has 0 bridgehead atoms. The van der Waals surface area contributed by atoms with E-state index in [4.69, 9.17) is 25.8 Å². The fourth-order valence-corrected chi connectivity index (χ4v) is 3.37. The van der Waals surface area contributed by atoms with E-state index in [1.54, 1.807) is 6.07 Å². The summed E-state index contributed by atoms with van der Waals surface area (Å²) < 4.78 is 24.6. The first-order valence-corrected chi connectivity index (χ1v) is 11.3. The summed E-state index contributed by atoms with van der Waals surface area (Å²) in [6.45, 7) is 0.273. The van der Waals surface area contributed by atoms with E-state index >= 15 is 0 Å². The van der Waals surface area contributed by atoms with E-state index in [1.807, 2.05) is 18.2 Å². The molecule has 3 aromatic rings. The van der Waals surface area contributed by atoms with E-state index in [1.165, 1.54) is 45.6 Å². The van der Waals surface area contributed by atoms with Crippen molar-refractivity contribution in [2.75, 3.05) is 35.0 Å². The summed E-state index contributed by atoms with van der Waals surface area (Å²) in [6.07, 6.45) is 0.564. The number of methoxy groups -OCH3 is 4. The van der Waals surface area contributed by atoms with Crippen LogP contribution in [0, 0.1) is 10.1 Å². The van der Waals surface area contributed by atoms with Crippen molar-refractivity contribution in [3.63, 3.8) is 0 Å². The van der Waals surface area contributed by atoms with Gasteiger partial charge in [-0.2, -0.15) is 0 Å². The highest BCUT2D eigenvalue weighted by molar-refractivity contribution is 6.30. The molecule has 0 aliphatic rings. The van der Waals surface area contributed by atoms with Crippen LogP contribution in [0.4, 0.5) is 5.69 Å². The van der Waals surface area contributed by atoms with Gasteiger partial charge in [-0.1, -0.05) is 23.7 Å². The molecule has 0 heterocycles. The van der Waals surface area contributed by atoms with Crippen LogP contribution in [0.15, 0.2) is 54.6 Å². The van der Waals surface area contributed by atoms with Gasteiger partial charge < -0.3 is 28.8 Å². The molecule has 1 N–H and O–H groups in total. The molecule has 0 spiro atoms. The molecule has 11 nitrogen and oxygen atoms in total. The van der Waals surface area contributed by atoms with E-state index in [2.05, 4.69) is 9.47 Å². The fourth-order valence-electron chi connectivity index (χ4n) is 3.15. The van der Waals surface area contributed by atoms with E-state index in [9.17, 15) is 24.8 Å². The lowest BCUT2D eigenvalue weighted by Crippen LogP contribution is -2.08. The number of ether oxygens (including phenoxy) is 5. The van der Waals surface area contributed by atoms with Crippen molar-refractivity contribution in [2.45, 2.75) is 6.42 Å². The lowest BCUT2D eigenvalue weighted by Gasteiger charge is -2.12. The van der Waals surface area contributed by atoms with Gasteiger partial charge in [0.15, 0.2) is 23.0 Å². The summed E-state index contributed by atoms with van der Waals surface area (Å²) in [5, 5.41) is 21.1. The van der Waals surface area contributed by atoms with Gasteiger partial charge in [0.2, 0.25) is 0 Å². The van der Waals surface area contributed by atoms with Crippen LogP contribution in [-0.2, 0) is 15.9 Å². The number of carbonyl (C=O) groups excluding carboxylic acids is 2. The Morgan fingerprint density at radius 1 is 0.895 bits per heavy atom. The molecule has 0 aliphatic carbocycles. The Balaban J connectivity index is 0.000000328. The van der Waals surface area contributed by atoms with Gasteiger partial charge in [0.05, 0.1) is 51.6 Å². The number of phenols is 1. The van der Waals surface area contributed by atoms with E-state index in [0.717, 1.165) is 18.7 Å². The summed E-state index contributed by atoms with van der Waals surface area (Å²) in [7, 11) is 5.23. The smallest absolute Gasteiger partial charge is 0.345 e. The minimum absolute atomic E-state index is 0.0783. The highest BCUT2D eigenvalue weighted by Gasteiger charge is 2.25. The summed E-state index contributed by atoms with van der Waals surface area (Å²) in [5.74, 6) is -0.689. The quantitative estimate of drug-likeness (QED) is 0.224. The molecule has 0 amide bonds. The van der Waals surface area contributed by atoms with Crippen LogP contribution in [0.1, 0.15) is 26.3 Å². The van der Waals surface area contributed by atoms with Crippen LogP contribution in [0.5, 0.6) is 23.0 Å². The predicted molar refractivity (Wildman–Crippen MR) is 138 cm³/mol. The first-order valence-electron chi connectivity index (χ1n) is 10.9. The number of carbonyl (C=O) groups is 2. The third kappa shape index (κ3) is 8.00. The fraction of sp³-hybridized carbons (Fsp3) is 0.231. The Hall–Kier alpha value is -4.51. The summed E-state index contributed by atoms with van der Waals surface area (Å²) in [5.41, 5.74) is 0.652. The van der Waals surface area contributed by atoms with Crippen LogP contribution in [0.3, 0.4) is 0 Å². The average molecular weight is 548 g/mol. The van der Waals surface area contributed by atoms with Crippen LogP contribution in [0.25, 0.3) is 0 Å². The number of esters is 2. The Morgan fingerprint density at radius 2 is 1.58 bits per heavy atom. The SMILES string of the molecule is COC(=O)c1cc(OCCc2cccc(Cl)c2)c(OC)cc1[N+](=O)[O-].COC(=O)c1ccc(OC)c(O)c1. The zero-order chi connectivity index (χ0) is 28.2. The molecule has 0 atom stereocenters. The van der Waals surface area contributed by atoms with Gasteiger partial charge in [-0.25, -0.2) is 9.59 Å². The number of aromatic hydroxyl groups is 1. The first-order chi connectivity index (χ1) is 18.1. The predicted octanol–water partition coefficient (Wildman–Crippen LogP) is 4.85. The number of phenolic OH excluding ortho intramolecular Hbond substituents is 1. The van der Waals surface area contributed by atoms with Crippen molar-refractivity contribution in [1.82, 2.24) is 0 Å². The second-order valence-corrected chi connectivity index (χ2v) is 7.81. The van der Waals surface area contributed by atoms with Gasteiger partial charge in [-0.15, -0.1) is 0 Å². The van der Waals surface area contributed by atoms with Gasteiger partial charge in [-0.05, 0) is 35.9 Å². The van der Waals surface area contributed by atoms with E-state index in [-0.39, 0.29) is 29.4 Å². The summed E-state index contributed by atoms with van der Waals surface area (Å²) >= 11 is 5.93. The molecular weight excluding hydrogens is 522 g/mol. The lowest BCUT2D eigenvalue weighted by molar-refractivity contribution is -0.385. The largest absolute Gasteiger partial charge is 0.504 e. The van der Waals surface area contributed by atoms with Crippen molar-refractivity contribution in [2.24, 2.45) is 0 Å². The monoisotopic (exact) mass is 547 g/mol. The number of nitrogens with zero attached hydrogens (tertiary/aromatic N) is 1. The van der Waals surface area contributed by atoms with Crippen molar-refractivity contribution in [1.29, 1.82) is 0 Å². The molecule has 12 heteroatoms. The number of hydrogen-bond acceptors (Lipinski definition) is 10. The first kappa shape index (κ1) is 29.7. The molecule has 0 radical (unpaired) electrons. The highest BCUT2D eigenvalue weighted by Crippen LogP contribution is 2.35. The zero-order valence-corrected chi connectivity index (χ0v) is 21.8. The normalized spacial score (nSPS) is 9.92. The second-order valence-electron chi connectivity index (χ2n) is 7.38. The van der Waals surface area contributed by atoms with Crippen molar-refractivity contribution in [3.05, 3.63) is 86.4 Å². The molecule has 202 valence electrons. The highest BCUT2D eigenvalue weighted by atomic mass is 35.5. The average Bonchev–Trinajstić information content (AvgIpc) is 2.92. The molecule has 0 saturated carbocycles. The number of rotatable bonds is 9. The molecular formula is C26H26ClNO10. The summed E-state index contributed by atoms with van der Waals surface area (Å²) in [4.78, 5) is 33.2. The molecule has 0 saturated heterocycles. The second kappa shape index (κ2) is 14.3. The van der Waals surface area contributed by atoms with Crippen LogP contribution < -0.4 is 14.2 Å². The standard InChI is InChI=1S/C17H16ClNO6.C9H10O4/c1-23-15-10-14(19(21)22)13(17(20)24-2)9-16(15)25-7-6-11-4-3-5-12(18)8-11;1-12-8-4-3-6(5-7(8)10)9(11)13-2/h3-5,8-10H,6-7H2,1-2H3;3-5,10H,1-2H3. The number of benzene rings is 3. The molecule has 0 aliphatic heterocycles. The number of nitro benzene ring substituents is 1. The molecule has 0 unspecified atom stereocenters. The number of nitro groups is 1. The molecule has 3 rings (SSSR count). The van der Waals surface area contributed by atoms with Crippen LogP contribution in [0.2, 0.25) is 5.02 Å². The van der Waals surface area contributed by atoms with E-state index in [0.29, 0.717) is 22.8 Å². The third-order valence-corrected chi connectivity index (χ3v) is 5.26. The minimum Gasteiger partial charge on any atom is -0.504 e. The van der Waals surface area contributed by atoms with Gasteiger partial charge in [0.25, 0.3) is 5.69 Å². The van der Waals surface area contributed by atoms with Gasteiger partial charge in [0, 0.05) is 17.5 Å². The Bertz CT molecular complexity index is 1300. The Kier molecular flexibility index (Phi) is 11.2. The Morgan fingerprint density at radius 3 is 2.13 bits per heavy atom. The van der Waals surface area contributed by atoms with Crippen molar-refractivity contribution >= 4 is 29.2 Å². The molecule has 0 fully saturated rings. The molecule has 38 heavy (non-hydrogen) atoms. The lowest BCUT2D eigenvalue weighted by atomic mass is 10.1. The number of hydrogen-bond donors (Lipinski definition) is 1. The minimum atomic E-state index is -0.825. The van der Waals surface area contributed by atoms with Crippen LogP contribution >= 0.6 is 11.6 Å². The Labute approximate surface area is 223 Å².